The van der Waals surface area contributed by atoms with Gasteiger partial charge in [-0.25, -0.2) is 13.2 Å². The van der Waals surface area contributed by atoms with Gasteiger partial charge in [0, 0.05) is 19.2 Å². The second-order valence-electron chi connectivity index (χ2n) is 7.06. The summed E-state index contributed by atoms with van der Waals surface area (Å²) in [6.07, 6.45) is 0. The lowest BCUT2D eigenvalue weighted by atomic mass is 10.1. The molecule has 0 spiro atoms. The zero-order valence-electron chi connectivity index (χ0n) is 18.1. The number of Topliss-reactive ketones (excluding diaryl/α,β-unsaturated/α-hetero) is 1. The van der Waals surface area contributed by atoms with Crippen molar-refractivity contribution in [3.8, 4) is 11.5 Å². The first kappa shape index (κ1) is 23.7. The number of ether oxygens (including phenoxy) is 4. The Bertz CT molecular complexity index is 1110. The van der Waals surface area contributed by atoms with Crippen LogP contribution in [0.15, 0.2) is 41.3 Å². The Morgan fingerprint density at radius 1 is 1.03 bits per heavy atom. The van der Waals surface area contributed by atoms with Gasteiger partial charge < -0.3 is 18.9 Å². The van der Waals surface area contributed by atoms with E-state index in [1.54, 1.807) is 19.1 Å². The van der Waals surface area contributed by atoms with Crippen molar-refractivity contribution in [2.45, 2.75) is 11.8 Å². The lowest BCUT2D eigenvalue weighted by molar-refractivity contribution is 0.0473. The molecule has 0 aliphatic carbocycles. The van der Waals surface area contributed by atoms with Gasteiger partial charge in [0.2, 0.25) is 15.8 Å². The summed E-state index contributed by atoms with van der Waals surface area (Å²) in [7, 11) is -0.878. The minimum atomic E-state index is -3.79. The van der Waals surface area contributed by atoms with Gasteiger partial charge in [0.25, 0.3) is 0 Å². The number of hydrogen-bond acceptors (Lipinski definition) is 8. The van der Waals surface area contributed by atoms with Crippen LogP contribution in [0, 0.1) is 6.92 Å². The number of morpholine rings is 1. The Hall–Kier alpha value is -2.95. The molecular formula is C22H25NO8S. The van der Waals surface area contributed by atoms with E-state index in [-0.39, 0.29) is 29.1 Å². The number of carbonyl (C=O) groups excluding carboxylic acids is 2. The number of rotatable bonds is 8. The molecule has 3 rings (SSSR count). The molecule has 0 radical (unpaired) electrons. The van der Waals surface area contributed by atoms with E-state index < -0.39 is 28.4 Å². The van der Waals surface area contributed by atoms with Gasteiger partial charge in [-0.1, -0.05) is 6.07 Å². The molecule has 0 unspecified atom stereocenters. The van der Waals surface area contributed by atoms with Crippen molar-refractivity contribution in [2.24, 2.45) is 0 Å². The van der Waals surface area contributed by atoms with Crippen molar-refractivity contribution in [3.05, 3.63) is 53.1 Å². The van der Waals surface area contributed by atoms with Gasteiger partial charge in [0.15, 0.2) is 6.61 Å². The zero-order chi connectivity index (χ0) is 23.3. The minimum Gasteiger partial charge on any atom is -0.497 e. The maximum Gasteiger partial charge on any atom is 0.338 e. The third-order valence-electron chi connectivity index (χ3n) is 5.06. The highest BCUT2D eigenvalue weighted by Crippen LogP contribution is 2.26. The van der Waals surface area contributed by atoms with Gasteiger partial charge in [0.05, 0.1) is 43.5 Å². The molecular weight excluding hydrogens is 438 g/mol. The standard InChI is InChI=1S/C22H25NO8S/c1-15-4-5-16(12-21(15)32(26,27)23-8-10-30-11-9-23)22(25)31-14-19(24)18-7-6-17(28-2)13-20(18)29-3/h4-7,12-13H,8-11,14H2,1-3H3. The van der Waals surface area contributed by atoms with E-state index in [0.29, 0.717) is 30.3 Å². The minimum absolute atomic E-state index is 0.0250. The van der Waals surface area contributed by atoms with Crippen LogP contribution in [-0.2, 0) is 19.5 Å². The molecule has 0 N–H and O–H groups in total. The van der Waals surface area contributed by atoms with Crippen LogP contribution in [0.5, 0.6) is 11.5 Å². The zero-order valence-corrected chi connectivity index (χ0v) is 18.9. The molecule has 1 aliphatic heterocycles. The first-order valence-electron chi connectivity index (χ1n) is 9.89. The third-order valence-corrected chi connectivity index (χ3v) is 7.10. The van der Waals surface area contributed by atoms with Crippen molar-refractivity contribution in [1.29, 1.82) is 0 Å². The lowest BCUT2D eigenvalue weighted by Gasteiger charge is -2.26. The van der Waals surface area contributed by atoms with Crippen LogP contribution >= 0.6 is 0 Å². The van der Waals surface area contributed by atoms with E-state index in [1.807, 2.05) is 0 Å². The van der Waals surface area contributed by atoms with Crippen molar-refractivity contribution in [3.63, 3.8) is 0 Å². The van der Waals surface area contributed by atoms with Crippen LogP contribution < -0.4 is 9.47 Å². The summed E-state index contributed by atoms with van der Waals surface area (Å²) >= 11 is 0. The molecule has 1 heterocycles. The summed E-state index contributed by atoms with van der Waals surface area (Å²) in [4.78, 5) is 25.1. The topological polar surface area (TPSA) is 108 Å². The molecule has 32 heavy (non-hydrogen) atoms. The maximum atomic E-state index is 13.0. The molecule has 10 heteroatoms. The van der Waals surface area contributed by atoms with Crippen molar-refractivity contribution < 1.29 is 37.0 Å². The number of sulfonamides is 1. The molecule has 1 fully saturated rings. The molecule has 1 aliphatic rings. The number of ketones is 1. The van der Waals surface area contributed by atoms with Crippen LogP contribution in [0.4, 0.5) is 0 Å². The van der Waals surface area contributed by atoms with Gasteiger partial charge in [0.1, 0.15) is 11.5 Å². The van der Waals surface area contributed by atoms with Crippen molar-refractivity contribution in [2.75, 3.05) is 47.1 Å². The summed E-state index contributed by atoms with van der Waals surface area (Å²) in [6.45, 7) is 2.25. The van der Waals surface area contributed by atoms with E-state index in [9.17, 15) is 18.0 Å². The second kappa shape index (κ2) is 10.1. The first-order valence-corrected chi connectivity index (χ1v) is 11.3. The average molecular weight is 464 g/mol. The lowest BCUT2D eigenvalue weighted by Crippen LogP contribution is -2.40. The Balaban J connectivity index is 1.75. The van der Waals surface area contributed by atoms with E-state index in [2.05, 4.69) is 0 Å². The third kappa shape index (κ3) is 5.09. The first-order chi connectivity index (χ1) is 15.3. The number of carbonyl (C=O) groups is 2. The second-order valence-corrected chi connectivity index (χ2v) is 8.97. The van der Waals surface area contributed by atoms with Crippen molar-refractivity contribution >= 4 is 21.8 Å². The van der Waals surface area contributed by atoms with Crippen LogP contribution in [0.3, 0.4) is 0 Å². The quantitative estimate of drug-likeness (QED) is 0.432. The number of benzene rings is 2. The molecule has 1 saturated heterocycles. The van der Waals surface area contributed by atoms with Gasteiger partial charge in [-0.3, -0.25) is 4.79 Å². The van der Waals surface area contributed by atoms with E-state index in [4.69, 9.17) is 18.9 Å². The molecule has 9 nitrogen and oxygen atoms in total. The number of hydrogen-bond donors (Lipinski definition) is 0. The predicted molar refractivity (Wildman–Crippen MR) is 115 cm³/mol. The maximum absolute atomic E-state index is 13.0. The molecule has 0 bridgehead atoms. The van der Waals surface area contributed by atoms with Crippen LogP contribution in [0.2, 0.25) is 0 Å². The summed E-state index contributed by atoms with van der Waals surface area (Å²) in [5, 5.41) is 0. The summed E-state index contributed by atoms with van der Waals surface area (Å²) in [5.74, 6) is -0.459. The van der Waals surface area contributed by atoms with Crippen LogP contribution in [0.25, 0.3) is 0 Å². The highest BCUT2D eigenvalue weighted by molar-refractivity contribution is 7.89. The number of methoxy groups -OCH3 is 2. The highest BCUT2D eigenvalue weighted by Gasteiger charge is 2.28. The molecule has 2 aromatic carbocycles. The molecule has 0 atom stereocenters. The monoisotopic (exact) mass is 463 g/mol. The van der Waals surface area contributed by atoms with Gasteiger partial charge >= 0.3 is 5.97 Å². The fraction of sp³-hybridized carbons (Fsp3) is 0.364. The van der Waals surface area contributed by atoms with E-state index in [1.165, 1.54) is 42.8 Å². The number of esters is 1. The smallest absolute Gasteiger partial charge is 0.338 e. The fourth-order valence-corrected chi connectivity index (χ4v) is 4.91. The predicted octanol–water partition coefficient (Wildman–Crippen LogP) is 2.07. The molecule has 0 saturated carbocycles. The largest absolute Gasteiger partial charge is 0.497 e. The Morgan fingerprint density at radius 3 is 2.41 bits per heavy atom. The molecule has 0 amide bonds. The molecule has 2 aromatic rings. The summed E-state index contributed by atoms with van der Waals surface area (Å²) < 4.78 is 48.0. The van der Waals surface area contributed by atoms with Gasteiger partial charge in [-0.05, 0) is 36.8 Å². The van der Waals surface area contributed by atoms with Gasteiger partial charge in [-0.15, -0.1) is 0 Å². The number of aryl methyl sites for hydroxylation is 1. The van der Waals surface area contributed by atoms with E-state index in [0.717, 1.165) is 0 Å². The van der Waals surface area contributed by atoms with Crippen molar-refractivity contribution in [1.82, 2.24) is 4.31 Å². The Labute approximate surface area is 186 Å². The fourth-order valence-electron chi connectivity index (χ4n) is 3.25. The molecule has 172 valence electrons. The molecule has 0 aromatic heterocycles. The van der Waals surface area contributed by atoms with Gasteiger partial charge in [-0.2, -0.15) is 4.31 Å². The normalized spacial score (nSPS) is 14.6. The van der Waals surface area contributed by atoms with Crippen LogP contribution in [-0.4, -0.2) is 71.6 Å². The summed E-state index contributed by atoms with van der Waals surface area (Å²) in [5.41, 5.74) is 0.782. The highest BCUT2D eigenvalue weighted by atomic mass is 32.2. The average Bonchev–Trinajstić information content (AvgIpc) is 2.82. The SMILES string of the molecule is COc1ccc(C(=O)COC(=O)c2ccc(C)c(S(=O)(=O)N3CCOCC3)c2)c(OC)c1. The van der Waals surface area contributed by atoms with E-state index >= 15 is 0 Å². The van der Waals surface area contributed by atoms with Crippen LogP contribution in [0.1, 0.15) is 26.3 Å². The summed E-state index contributed by atoms with van der Waals surface area (Å²) in [6, 6.07) is 8.96. The Kier molecular flexibility index (Phi) is 7.49. The number of nitrogens with zero attached hydrogens (tertiary/aromatic N) is 1. The Morgan fingerprint density at radius 2 is 1.75 bits per heavy atom.